The monoisotopic (exact) mass is 308 g/mol. The van der Waals surface area contributed by atoms with Crippen LogP contribution in [0, 0.1) is 18.8 Å². The molecule has 0 spiro atoms. The first-order valence-electron chi connectivity index (χ1n) is 6.94. The molecule has 0 unspecified atom stereocenters. The second-order valence-electron chi connectivity index (χ2n) is 4.80. The molecule has 0 saturated heterocycles. The van der Waals surface area contributed by atoms with Gasteiger partial charge in [0.05, 0.1) is 0 Å². The van der Waals surface area contributed by atoms with E-state index in [2.05, 4.69) is 17.2 Å². The Bertz CT molecular complexity index is 774. The summed E-state index contributed by atoms with van der Waals surface area (Å²) in [5.74, 6) is 4.89. The number of nitrogens with one attached hydrogen (secondary N) is 1. The summed E-state index contributed by atoms with van der Waals surface area (Å²) in [6, 6.07) is 14.3. The summed E-state index contributed by atoms with van der Waals surface area (Å²) >= 11 is 0. The first kappa shape index (κ1) is 16.1. The van der Waals surface area contributed by atoms with Crippen LogP contribution in [0.1, 0.15) is 11.1 Å². The maximum absolute atomic E-state index is 11.9. The van der Waals surface area contributed by atoms with E-state index in [0.717, 1.165) is 11.1 Å². The van der Waals surface area contributed by atoms with Gasteiger partial charge in [0.15, 0.2) is 6.61 Å². The molecule has 0 aliphatic rings. The number of rotatable bonds is 4. The summed E-state index contributed by atoms with van der Waals surface area (Å²) in [6.45, 7) is 1.63. The topological polar surface area (TPSA) is 81.4 Å². The average Bonchev–Trinajstić information content (AvgIpc) is 2.54. The van der Waals surface area contributed by atoms with Crippen molar-refractivity contribution in [3.05, 3.63) is 59.7 Å². The number of anilines is 1. The molecule has 0 fully saturated rings. The molecule has 23 heavy (non-hydrogen) atoms. The molecular formula is C18H16N2O3. The predicted molar refractivity (Wildman–Crippen MR) is 87.8 cm³/mol. The minimum Gasteiger partial charge on any atom is -0.484 e. The number of amides is 2. The number of hydrogen-bond donors (Lipinski definition) is 2. The van der Waals surface area contributed by atoms with Crippen molar-refractivity contribution in [3.63, 3.8) is 0 Å². The molecule has 0 aromatic heterocycles. The van der Waals surface area contributed by atoms with Crippen LogP contribution in [0.15, 0.2) is 48.5 Å². The van der Waals surface area contributed by atoms with Crippen molar-refractivity contribution in [2.24, 2.45) is 5.73 Å². The number of benzene rings is 2. The number of ether oxygens (including phenoxy) is 1. The van der Waals surface area contributed by atoms with Crippen LogP contribution in [-0.4, -0.2) is 18.4 Å². The molecule has 0 atom stereocenters. The summed E-state index contributed by atoms with van der Waals surface area (Å²) in [4.78, 5) is 22.5. The first-order chi connectivity index (χ1) is 11.0. The highest BCUT2D eigenvalue weighted by molar-refractivity contribution is 6.04. The van der Waals surface area contributed by atoms with Crippen LogP contribution in [0.5, 0.6) is 5.75 Å². The Morgan fingerprint density at radius 2 is 1.91 bits per heavy atom. The van der Waals surface area contributed by atoms with Gasteiger partial charge in [0.1, 0.15) is 5.75 Å². The fraction of sp³-hybridized carbons (Fsp3) is 0.111. The number of carbonyl (C=O) groups is 2. The lowest BCUT2D eigenvalue weighted by atomic mass is 10.2. The van der Waals surface area contributed by atoms with Crippen LogP contribution < -0.4 is 15.8 Å². The lowest BCUT2D eigenvalue weighted by molar-refractivity contribution is -0.120. The fourth-order valence-corrected chi connectivity index (χ4v) is 1.82. The van der Waals surface area contributed by atoms with Gasteiger partial charge in [-0.1, -0.05) is 24.1 Å². The lowest BCUT2D eigenvalue weighted by Crippen LogP contribution is -2.20. The normalized spacial score (nSPS) is 9.43. The molecule has 0 heterocycles. The third kappa shape index (κ3) is 5.21. The van der Waals surface area contributed by atoms with Crippen molar-refractivity contribution in [3.8, 4) is 17.6 Å². The van der Waals surface area contributed by atoms with E-state index < -0.39 is 11.8 Å². The summed E-state index contributed by atoms with van der Waals surface area (Å²) in [6.07, 6.45) is 0. The SMILES string of the molecule is Cc1cc(OCC(N)=O)ccc1NC(=O)C#Cc1ccccc1. The van der Waals surface area contributed by atoms with E-state index in [1.807, 2.05) is 37.3 Å². The molecule has 2 rings (SSSR count). The van der Waals surface area contributed by atoms with Crippen LogP contribution in [0.3, 0.4) is 0 Å². The molecule has 0 aliphatic heterocycles. The highest BCUT2D eigenvalue weighted by Gasteiger charge is 2.04. The van der Waals surface area contributed by atoms with E-state index >= 15 is 0 Å². The number of nitrogens with two attached hydrogens (primary N) is 1. The molecule has 5 heteroatoms. The van der Waals surface area contributed by atoms with Crippen LogP contribution in [-0.2, 0) is 9.59 Å². The van der Waals surface area contributed by atoms with E-state index in [4.69, 9.17) is 10.5 Å². The van der Waals surface area contributed by atoms with Gasteiger partial charge >= 0.3 is 5.91 Å². The van der Waals surface area contributed by atoms with Gasteiger partial charge < -0.3 is 15.8 Å². The van der Waals surface area contributed by atoms with Crippen molar-refractivity contribution in [1.29, 1.82) is 0 Å². The smallest absolute Gasteiger partial charge is 0.300 e. The van der Waals surface area contributed by atoms with Gasteiger partial charge in [-0.3, -0.25) is 9.59 Å². The molecule has 3 N–H and O–H groups in total. The standard InChI is InChI=1S/C18H16N2O3/c1-13-11-15(23-12-17(19)21)8-9-16(13)20-18(22)10-7-14-5-3-2-4-6-14/h2-6,8-9,11H,12H2,1H3,(H2,19,21)(H,20,22). The van der Waals surface area contributed by atoms with Crippen molar-refractivity contribution < 1.29 is 14.3 Å². The Hall–Kier alpha value is -3.26. The van der Waals surface area contributed by atoms with E-state index in [0.29, 0.717) is 11.4 Å². The number of hydrogen-bond acceptors (Lipinski definition) is 3. The Morgan fingerprint density at radius 3 is 2.57 bits per heavy atom. The Kier molecular flexibility index (Phi) is 5.37. The quantitative estimate of drug-likeness (QED) is 0.846. The van der Waals surface area contributed by atoms with Crippen LogP contribution in [0.2, 0.25) is 0 Å². The van der Waals surface area contributed by atoms with E-state index in [-0.39, 0.29) is 6.61 Å². The van der Waals surface area contributed by atoms with Gasteiger partial charge in [-0.05, 0) is 42.8 Å². The number of primary amides is 1. The molecule has 2 aromatic rings. The fourth-order valence-electron chi connectivity index (χ4n) is 1.82. The first-order valence-corrected chi connectivity index (χ1v) is 6.94. The minimum absolute atomic E-state index is 0.187. The van der Waals surface area contributed by atoms with Gasteiger partial charge in [-0.15, -0.1) is 0 Å². The zero-order valence-electron chi connectivity index (χ0n) is 12.6. The third-order valence-electron chi connectivity index (χ3n) is 2.92. The van der Waals surface area contributed by atoms with Gasteiger partial charge in [-0.2, -0.15) is 0 Å². The molecular weight excluding hydrogens is 292 g/mol. The molecule has 2 amide bonds. The van der Waals surface area contributed by atoms with Crippen LogP contribution in [0.25, 0.3) is 0 Å². The van der Waals surface area contributed by atoms with Crippen molar-refractivity contribution >= 4 is 17.5 Å². The summed E-state index contributed by atoms with van der Waals surface area (Å²) in [5.41, 5.74) is 7.21. The second-order valence-corrected chi connectivity index (χ2v) is 4.80. The maximum Gasteiger partial charge on any atom is 0.300 e. The van der Waals surface area contributed by atoms with Crippen LogP contribution >= 0.6 is 0 Å². The molecule has 0 saturated carbocycles. The number of carbonyl (C=O) groups excluding carboxylic acids is 2. The second kappa shape index (κ2) is 7.66. The minimum atomic E-state index is -0.545. The molecule has 5 nitrogen and oxygen atoms in total. The Balaban J connectivity index is 2.01. The highest BCUT2D eigenvalue weighted by Crippen LogP contribution is 2.21. The third-order valence-corrected chi connectivity index (χ3v) is 2.92. The van der Waals surface area contributed by atoms with Gasteiger partial charge in [0, 0.05) is 17.2 Å². The van der Waals surface area contributed by atoms with E-state index in [9.17, 15) is 9.59 Å². The summed E-state index contributed by atoms with van der Waals surface area (Å²) in [7, 11) is 0. The Morgan fingerprint density at radius 1 is 1.17 bits per heavy atom. The highest BCUT2D eigenvalue weighted by atomic mass is 16.5. The molecule has 0 bridgehead atoms. The van der Waals surface area contributed by atoms with Gasteiger partial charge in [-0.25, -0.2) is 0 Å². The maximum atomic E-state index is 11.9. The van der Waals surface area contributed by atoms with Crippen molar-refractivity contribution in [2.45, 2.75) is 6.92 Å². The zero-order chi connectivity index (χ0) is 16.7. The largest absolute Gasteiger partial charge is 0.484 e. The molecule has 2 aromatic carbocycles. The van der Waals surface area contributed by atoms with Crippen LogP contribution in [0.4, 0.5) is 5.69 Å². The Labute approximate surface area is 134 Å². The molecule has 116 valence electrons. The zero-order valence-corrected chi connectivity index (χ0v) is 12.6. The lowest BCUT2D eigenvalue weighted by Gasteiger charge is -2.09. The van der Waals surface area contributed by atoms with Gasteiger partial charge in [0.25, 0.3) is 5.91 Å². The van der Waals surface area contributed by atoms with Gasteiger partial charge in [0.2, 0.25) is 0 Å². The van der Waals surface area contributed by atoms with Crippen molar-refractivity contribution in [2.75, 3.05) is 11.9 Å². The van der Waals surface area contributed by atoms with Crippen molar-refractivity contribution in [1.82, 2.24) is 0 Å². The van der Waals surface area contributed by atoms with E-state index in [1.165, 1.54) is 0 Å². The molecule has 0 radical (unpaired) electrons. The summed E-state index contributed by atoms with van der Waals surface area (Å²) < 4.78 is 5.20. The molecule has 0 aliphatic carbocycles. The van der Waals surface area contributed by atoms with E-state index in [1.54, 1.807) is 18.2 Å². The summed E-state index contributed by atoms with van der Waals surface area (Å²) in [5, 5.41) is 2.71. The predicted octanol–water partition coefficient (Wildman–Crippen LogP) is 1.85. The average molecular weight is 308 g/mol. The number of aryl methyl sites for hydroxylation is 1.